The van der Waals surface area contributed by atoms with Gasteiger partial charge in [0.2, 0.25) is 5.88 Å². The fourth-order valence-electron chi connectivity index (χ4n) is 2.65. The minimum Gasteiger partial charge on any atom is -0.468 e. The molecule has 1 saturated heterocycles. The van der Waals surface area contributed by atoms with Gasteiger partial charge in [-0.25, -0.2) is 4.98 Å². The first-order valence-corrected chi connectivity index (χ1v) is 8.46. The molecule has 1 unspecified atom stereocenters. The van der Waals surface area contributed by atoms with E-state index >= 15 is 0 Å². The number of aromatic nitrogens is 1. The lowest BCUT2D eigenvalue weighted by molar-refractivity contribution is -0.154. The number of ether oxygens (including phenoxy) is 2. The third kappa shape index (κ3) is 6.53. The molecule has 1 amide bonds. The molecule has 1 fully saturated rings. The van der Waals surface area contributed by atoms with Gasteiger partial charge in [0.05, 0.1) is 6.10 Å². The molecule has 0 aliphatic carbocycles. The predicted molar refractivity (Wildman–Crippen MR) is 85.6 cm³/mol. The lowest BCUT2D eigenvalue weighted by Crippen LogP contribution is -2.33. The molecule has 25 heavy (non-hydrogen) atoms. The number of hydrogen-bond acceptors (Lipinski definition) is 4. The SMILES string of the molecule is CCCOC1CCCN(C(=O)c2cccc(OCC(F)(F)F)n2)CC1. The third-order valence-corrected chi connectivity index (χ3v) is 3.85. The van der Waals surface area contributed by atoms with Gasteiger partial charge in [0.1, 0.15) is 5.69 Å². The number of amides is 1. The lowest BCUT2D eigenvalue weighted by atomic mass is 10.2. The number of likely N-dealkylation sites (tertiary alicyclic amines) is 1. The topological polar surface area (TPSA) is 51.7 Å². The van der Waals surface area contributed by atoms with Crippen LogP contribution in [0.2, 0.25) is 0 Å². The summed E-state index contributed by atoms with van der Waals surface area (Å²) >= 11 is 0. The van der Waals surface area contributed by atoms with Gasteiger partial charge in [-0.3, -0.25) is 4.79 Å². The summed E-state index contributed by atoms with van der Waals surface area (Å²) in [6, 6.07) is 4.26. The zero-order valence-corrected chi connectivity index (χ0v) is 14.2. The van der Waals surface area contributed by atoms with Crippen molar-refractivity contribution in [2.45, 2.75) is 44.9 Å². The van der Waals surface area contributed by atoms with E-state index in [1.54, 1.807) is 4.90 Å². The maximum absolute atomic E-state index is 12.6. The summed E-state index contributed by atoms with van der Waals surface area (Å²) in [5, 5.41) is 0. The molecule has 1 aliphatic rings. The second-order valence-electron chi connectivity index (χ2n) is 5.98. The summed E-state index contributed by atoms with van der Waals surface area (Å²) in [7, 11) is 0. The van der Waals surface area contributed by atoms with E-state index in [4.69, 9.17) is 4.74 Å². The van der Waals surface area contributed by atoms with Crippen molar-refractivity contribution >= 4 is 5.91 Å². The highest BCUT2D eigenvalue weighted by Gasteiger charge is 2.29. The van der Waals surface area contributed by atoms with E-state index < -0.39 is 12.8 Å². The Kier molecular flexibility index (Phi) is 7.04. The fourth-order valence-corrected chi connectivity index (χ4v) is 2.65. The minimum atomic E-state index is -4.44. The number of carbonyl (C=O) groups excluding carboxylic acids is 1. The van der Waals surface area contributed by atoms with Gasteiger partial charge in [0.15, 0.2) is 6.61 Å². The number of nitrogens with zero attached hydrogens (tertiary/aromatic N) is 2. The Morgan fingerprint density at radius 3 is 2.84 bits per heavy atom. The van der Waals surface area contributed by atoms with Crippen LogP contribution in [0.25, 0.3) is 0 Å². The lowest BCUT2D eigenvalue weighted by Gasteiger charge is -2.20. The molecule has 140 valence electrons. The first kappa shape index (κ1) is 19.5. The second-order valence-corrected chi connectivity index (χ2v) is 5.98. The predicted octanol–water partition coefficient (Wildman–Crippen LogP) is 3.44. The van der Waals surface area contributed by atoms with Gasteiger partial charge >= 0.3 is 6.18 Å². The number of alkyl halides is 3. The summed E-state index contributed by atoms with van der Waals surface area (Å²) in [5.41, 5.74) is 0.0904. The minimum absolute atomic E-state index is 0.0904. The molecule has 1 aliphatic heterocycles. The highest BCUT2D eigenvalue weighted by molar-refractivity contribution is 5.92. The van der Waals surface area contributed by atoms with Crippen LogP contribution in [-0.4, -0.2) is 54.4 Å². The van der Waals surface area contributed by atoms with Gasteiger partial charge in [0.25, 0.3) is 5.91 Å². The summed E-state index contributed by atoms with van der Waals surface area (Å²) in [5.74, 6) is -0.504. The van der Waals surface area contributed by atoms with Crippen LogP contribution in [0, 0.1) is 0 Å². The quantitative estimate of drug-likeness (QED) is 0.780. The monoisotopic (exact) mass is 360 g/mol. The van der Waals surface area contributed by atoms with Crippen molar-refractivity contribution in [3.63, 3.8) is 0 Å². The van der Waals surface area contributed by atoms with Crippen molar-refractivity contribution < 1.29 is 27.4 Å². The molecular formula is C17H23F3N2O3. The second kappa shape index (κ2) is 9.03. The van der Waals surface area contributed by atoms with Crippen LogP contribution < -0.4 is 4.74 Å². The van der Waals surface area contributed by atoms with E-state index in [0.717, 1.165) is 25.7 Å². The van der Waals surface area contributed by atoms with Gasteiger partial charge in [-0.1, -0.05) is 13.0 Å². The van der Waals surface area contributed by atoms with E-state index in [1.165, 1.54) is 18.2 Å². The average molecular weight is 360 g/mol. The molecular weight excluding hydrogens is 337 g/mol. The Bertz CT molecular complexity index is 566. The number of carbonyl (C=O) groups is 1. The number of rotatable bonds is 6. The molecule has 2 rings (SSSR count). The van der Waals surface area contributed by atoms with Crippen LogP contribution in [0.3, 0.4) is 0 Å². The van der Waals surface area contributed by atoms with Crippen LogP contribution in [0.15, 0.2) is 18.2 Å². The molecule has 0 spiro atoms. The molecule has 2 heterocycles. The molecule has 0 aromatic carbocycles. The molecule has 0 radical (unpaired) electrons. The molecule has 1 aromatic heterocycles. The van der Waals surface area contributed by atoms with Gasteiger partial charge in [-0.15, -0.1) is 0 Å². The van der Waals surface area contributed by atoms with Crippen molar-refractivity contribution in [1.29, 1.82) is 0 Å². The maximum atomic E-state index is 12.6. The Morgan fingerprint density at radius 2 is 2.12 bits per heavy atom. The van der Waals surface area contributed by atoms with Gasteiger partial charge in [-0.05, 0) is 31.7 Å². The van der Waals surface area contributed by atoms with Crippen molar-refractivity contribution in [2.75, 3.05) is 26.3 Å². The standard InChI is InChI=1S/C17H23F3N2O3/c1-2-11-24-13-5-4-9-22(10-8-13)16(23)14-6-3-7-15(21-14)25-12-17(18,19)20/h3,6-7,13H,2,4-5,8-12H2,1H3. The number of hydrogen-bond donors (Lipinski definition) is 0. The zero-order valence-electron chi connectivity index (χ0n) is 14.2. The maximum Gasteiger partial charge on any atom is 0.422 e. The Morgan fingerprint density at radius 1 is 1.32 bits per heavy atom. The zero-order chi connectivity index (χ0) is 18.3. The molecule has 0 N–H and O–H groups in total. The van der Waals surface area contributed by atoms with Crippen LogP contribution >= 0.6 is 0 Å². The number of halogens is 3. The third-order valence-electron chi connectivity index (χ3n) is 3.85. The summed E-state index contributed by atoms with van der Waals surface area (Å²) in [4.78, 5) is 18.1. The smallest absolute Gasteiger partial charge is 0.422 e. The molecule has 5 nitrogen and oxygen atoms in total. The van der Waals surface area contributed by atoms with Crippen LogP contribution in [-0.2, 0) is 4.74 Å². The molecule has 8 heteroatoms. The average Bonchev–Trinajstić information content (AvgIpc) is 2.83. The fraction of sp³-hybridized carbons (Fsp3) is 0.647. The number of pyridine rings is 1. The van der Waals surface area contributed by atoms with Crippen LogP contribution in [0.1, 0.15) is 43.1 Å². The van der Waals surface area contributed by atoms with Gasteiger partial charge < -0.3 is 14.4 Å². The van der Waals surface area contributed by atoms with Gasteiger partial charge in [0, 0.05) is 25.8 Å². The summed E-state index contributed by atoms with van der Waals surface area (Å²) in [6.45, 7) is 2.45. The summed E-state index contributed by atoms with van der Waals surface area (Å²) in [6.07, 6.45) is -0.882. The van der Waals surface area contributed by atoms with E-state index in [1.807, 2.05) is 6.92 Å². The van der Waals surface area contributed by atoms with Crippen LogP contribution in [0.4, 0.5) is 13.2 Å². The molecule has 0 saturated carbocycles. The van der Waals surface area contributed by atoms with Crippen molar-refractivity contribution in [2.24, 2.45) is 0 Å². The molecule has 1 atom stereocenters. The Balaban J connectivity index is 1.95. The van der Waals surface area contributed by atoms with Crippen LogP contribution in [0.5, 0.6) is 5.88 Å². The normalized spacial score (nSPS) is 18.7. The first-order valence-electron chi connectivity index (χ1n) is 8.46. The Labute approximate surface area is 145 Å². The van der Waals surface area contributed by atoms with E-state index in [2.05, 4.69) is 9.72 Å². The van der Waals surface area contributed by atoms with Crippen molar-refractivity contribution in [3.05, 3.63) is 23.9 Å². The van der Waals surface area contributed by atoms with Crippen molar-refractivity contribution in [3.8, 4) is 5.88 Å². The highest BCUT2D eigenvalue weighted by atomic mass is 19.4. The largest absolute Gasteiger partial charge is 0.468 e. The van der Waals surface area contributed by atoms with Gasteiger partial charge in [-0.2, -0.15) is 13.2 Å². The van der Waals surface area contributed by atoms with E-state index in [-0.39, 0.29) is 23.6 Å². The van der Waals surface area contributed by atoms with E-state index in [9.17, 15) is 18.0 Å². The van der Waals surface area contributed by atoms with Crippen molar-refractivity contribution in [1.82, 2.24) is 9.88 Å². The highest BCUT2D eigenvalue weighted by Crippen LogP contribution is 2.19. The first-order chi connectivity index (χ1) is 11.9. The molecule has 1 aromatic rings. The summed E-state index contributed by atoms with van der Waals surface area (Å²) < 4.78 is 47.0. The van der Waals surface area contributed by atoms with E-state index in [0.29, 0.717) is 19.7 Å². The molecule has 0 bridgehead atoms. The Hall–Kier alpha value is -1.83.